The highest BCUT2D eigenvalue weighted by atomic mass is 79.9. The summed E-state index contributed by atoms with van der Waals surface area (Å²) in [6, 6.07) is 6.90. The highest BCUT2D eigenvalue weighted by Crippen LogP contribution is 2.36. The predicted molar refractivity (Wildman–Crippen MR) is 89.3 cm³/mol. The lowest BCUT2D eigenvalue weighted by Gasteiger charge is -2.18. The van der Waals surface area contributed by atoms with Gasteiger partial charge in [-0.1, -0.05) is 27.5 Å². The molecule has 0 radical (unpaired) electrons. The van der Waals surface area contributed by atoms with Gasteiger partial charge in [0.2, 0.25) is 0 Å². The SMILES string of the molecule is CC(Oc1ccc(Br)cc1F)C(=O)Nc1ccc(Cl)cc1C(F)(F)F. The van der Waals surface area contributed by atoms with Crippen LogP contribution in [0.25, 0.3) is 0 Å². The summed E-state index contributed by atoms with van der Waals surface area (Å²) in [4.78, 5) is 12.1. The Hall–Kier alpha value is -1.80. The number of nitrogens with one attached hydrogen (secondary N) is 1. The van der Waals surface area contributed by atoms with Crippen LogP contribution in [0.3, 0.4) is 0 Å². The van der Waals surface area contributed by atoms with Gasteiger partial charge in [-0.2, -0.15) is 13.2 Å². The fourth-order valence-electron chi connectivity index (χ4n) is 1.91. The normalized spacial score (nSPS) is 12.6. The third-order valence-corrected chi connectivity index (χ3v) is 3.84. The second kappa shape index (κ2) is 7.61. The van der Waals surface area contributed by atoms with E-state index in [1.54, 1.807) is 0 Å². The summed E-state index contributed by atoms with van der Waals surface area (Å²) >= 11 is 8.65. The quantitative estimate of drug-likeness (QED) is 0.623. The van der Waals surface area contributed by atoms with Crippen LogP contribution in [0.5, 0.6) is 5.75 Å². The number of benzene rings is 2. The van der Waals surface area contributed by atoms with Crippen LogP contribution in [0.4, 0.5) is 23.2 Å². The van der Waals surface area contributed by atoms with Crippen molar-refractivity contribution >= 4 is 39.1 Å². The van der Waals surface area contributed by atoms with Gasteiger partial charge in [-0.3, -0.25) is 4.79 Å². The predicted octanol–water partition coefficient (Wildman–Crippen LogP) is 5.67. The molecule has 2 aromatic carbocycles. The zero-order valence-electron chi connectivity index (χ0n) is 12.6. The van der Waals surface area contributed by atoms with Gasteiger partial charge in [0.1, 0.15) is 0 Å². The number of halogens is 6. The molecule has 1 atom stereocenters. The summed E-state index contributed by atoms with van der Waals surface area (Å²) in [6.45, 7) is 1.29. The number of alkyl halides is 3. The molecule has 1 N–H and O–H groups in total. The number of carbonyl (C=O) groups is 1. The molecule has 1 amide bonds. The summed E-state index contributed by atoms with van der Waals surface area (Å²) in [7, 11) is 0. The molecule has 0 spiro atoms. The molecule has 0 aromatic heterocycles. The number of amides is 1. The molecule has 2 aromatic rings. The molecule has 0 fully saturated rings. The van der Waals surface area contributed by atoms with Crippen molar-refractivity contribution in [3.8, 4) is 5.75 Å². The Morgan fingerprint density at radius 1 is 1.24 bits per heavy atom. The Morgan fingerprint density at radius 3 is 2.52 bits per heavy atom. The maximum atomic E-state index is 13.7. The summed E-state index contributed by atoms with van der Waals surface area (Å²) in [5, 5.41) is 2.00. The Labute approximate surface area is 154 Å². The molecule has 25 heavy (non-hydrogen) atoms. The van der Waals surface area contributed by atoms with E-state index in [-0.39, 0.29) is 10.8 Å². The lowest BCUT2D eigenvalue weighted by Crippen LogP contribution is -2.31. The van der Waals surface area contributed by atoms with E-state index in [4.69, 9.17) is 16.3 Å². The molecule has 0 heterocycles. The molecule has 9 heteroatoms. The summed E-state index contributed by atoms with van der Waals surface area (Å²) in [5.41, 5.74) is -1.55. The van der Waals surface area contributed by atoms with Gasteiger partial charge in [-0.15, -0.1) is 0 Å². The van der Waals surface area contributed by atoms with Crippen LogP contribution in [-0.4, -0.2) is 12.0 Å². The minimum Gasteiger partial charge on any atom is -0.478 e. The fourth-order valence-corrected chi connectivity index (χ4v) is 2.41. The molecular formula is C16H11BrClF4NO2. The summed E-state index contributed by atoms with van der Waals surface area (Å²) in [6.07, 6.45) is -5.93. The van der Waals surface area contributed by atoms with Crippen molar-refractivity contribution in [1.82, 2.24) is 0 Å². The van der Waals surface area contributed by atoms with E-state index < -0.39 is 35.3 Å². The van der Waals surface area contributed by atoms with Crippen LogP contribution in [-0.2, 0) is 11.0 Å². The zero-order chi connectivity index (χ0) is 18.8. The van der Waals surface area contributed by atoms with Crippen LogP contribution in [0.1, 0.15) is 12.5 Å². The first-order valence-corrected chi connectivity index (χ1v) is 8.04. The largest absolute Gasteiger partial charge is 0.478 e. The smallest absolute Gasteiger partial charge is 0.418 e. The molecular weight excluding hydrogens is 430 g/mol. The van der Waals surface area contributed by atoms with Crippen molar-refractivity contribution in [1.29, 1.82) is 0 Å². The second-order valence-corrected chi connectivity index (χ2v) is 6.36. The van der Waals surface area contributed by atoms with Crippen LogP contribution < -0.4 is 10.1 Å². The molecule has 0 aliphatic heterocycles. The van der Waals surface area contributed by atoms with Gasteiger partial charge in [0.15, 0.2) is 17.7 Å². The standard InChI is InChI=1S/C16H11BrClF4NO2/c1-8(25-14-5-2-9(17)6-12(14)19)15(24)23-13-4-3-10(18)7-11(13)16(20,21)22/h2-8H,1H3,(H,23,24). The van der Waals surface area contributed by atoms with E-state index >= 15 is 0 Å². The second-order valence-electron chi connectivity index (χ2n) is 5.01. The molecule has 0 bridgehead atoms. The van der Waals surface area contributed by atoms with Crippen molar-refractivity contribution < 1.29 is 27.1 Å². The monoisotopic (exact) mass is 439 g/mol. The lowest BCUT2D eigenvalue weighted by atomic mass is 10.1. The minimum atomic E-state index is -4.70. The molecule has 0 saturated heterocycles. The van der Waals surface area contributed by atoms with Gasteiger partial charge < -0.3 is 10.1 Å². The molecule has 0 aliphatic rings. The number of carbonyl (C=O) groups excluding carboxylic acids is 1. The highest BCUT2D eigenvalue weighted by Gasteiger charge is 2.34. The summed E-state index contributed by atoms with van der Waals surface area (Å²) in [5.74, 6) is -1.77. The van der Waals surface area contributed by atoms with Crippen molar-refractivity contribution in [3.63, 3.8) is 0 Å². The first-order chi connectivity index (χ1) is 11.6. The van der Waals surface area contributed by atoms with Crippen molar-refractivity contribution in [2.75, 3.05) is 5.32 Å². The maximum absolute atomic E-state index is 13.7. The third-order valence-electron chi connectivity index (χ3n) is 3.11. The zero-order valence-corrected chi connectivity index (χ0v) is 15.0. The van der Waals surface area contributed by atoms with E-state index in [2.05, 4.69) is 21.2 Å². The van der Waals surface area contributed by atoms with Crippen LogP contribution in [0, 0.1) is 5.82 Å². The Bertz CT molecular complexity index is 798. The summed E-state index contributed by atoms with van der Waals surface area (Å²) < 4.78 is 58.4. The average molecular weight is 441 g/mol. The van der Waals surface area contributed by atoms with E-state index in [0.29, 0.717) is 10.5 Å². The first kappa shape index (κ1) is 19.5. The Kier molecular flexibility index (Phi) is 5.95. The van der Waals surface area contributed by atoms with Crippen LogP contribution >= 0.6 is 27.5 Å². The Morgan fingerprint density at radius 2 is 1.92 bits per heavy atom. The molecule has 3 nitrogen and oxygen atoms in total. The van der Waals surface area contributed by atoms with Crippen LogP contribution in [0.15, 0.2) is 40.9 Å². The molecule has 2 rings (SSSR count). The van der Waals surface area contributed by atoms with Gasteiger partial charge in [0.05, 0.1) is 11.3 Å². The van der Waals surface area contributed by atoms with Crippen molar-refractivity contribution in [3.05, 3.63) is 57.3 Å². The van der Waals surface area contributed by atoms with Gasteiger partial charge in [0, 0.05) is 9.50 Å². The topological polar surface area (TPSA) is 38.3 Å². The fraction of sp³-hybridized carbons (Fsp3) is 0.188. The number of anilines is 1. The number of hydrogen-bond acceptors (Lipinski definition) is 2. The number of hydrogen-bond donors (Lipinski definition) is 1. The van der Waals surface area contributed by atoms with Gasteiger partial charge in [0.25, 0.3) is 5.91 Å². The third kappa shape index (κ3) is 5.09. The highest BCUT2D eigenvalue weighted by molar-refractivity contribution is 9.10. The van der Waals surface area contributed by atoms with Gasteiger partial charge in [-0.05, 0) is 43.3 Å². The molecule has 0 saturated carbocycles. The van der Waals surface area contributed by atoms with Crippen molar-refractivity contribution in [2.45, 2.75) is 19.2 Å². The molecule has 134 valence electrons. The van der Waals surface area contributed by atoms with Gasteiger partial charge in [-0.25, -0.2) is 4.39 Å². The van der Waals surface area contributed by atoms with E-state index in [1.165, 1.54) is 25.1 Å². The minimum absolute atomic E-state index is 0.119. The maximum Gasteiger partial charge on any atom is 0.418 e. The first-order valence-electron chi connectivity index (χ1n) is 6.87. The van der Waals surface area contributed by atoms with Crippen molar-refractivity contribution in [2.24, 2.45) is 0 Å². The molecule has 0 aliphatic carbocycles. The van der Waals surface area contributed by atoms with E-state index in [0.717, 1.165) is 12.1 Å². The van der Waals surface area contributed by atoms with Gasteiger partial charge >= 0.3 is 6.18 Å². The van der Waals surface area contributed by atoms with E-state index in [9.17, 15) is 22.4 Å². The number of rotatable bonds is 4. The van der Waals surface area contributed by atoms with E-state index in [1.807, 2.05) is 0 Å². The molecule has 1 unspecified atom stereocenters. The van der Waals surface area contributed by atoms with Crippen LogP contribution in [0.2, 0.25) is 5.02 Å². The lowest BCUT2D eigenvalue weighted by molar-refractivity contribution is -0.137. The number of ether oxygens (including phenoxy) is 1. The Balaban J connectivity index is 2.16. The average Bonchev–Trinajstić information content (AvgIpc) is 2.50.